The van der Waals surface area contributed by atoms with Crippen molar-refractivity contribution >= 4 is 17.7 Å². The number of hydrogen-bond donors (Lipinski definition) is 2. The quantitative estimate of drug-likeness (QED) is 0.879. The second-order valence-electron chi connectivity index (χ2n) is 5.49. The van der Waals surface area contributed by atoms with E-state index >= 15 is 0 Å². The highest BCUT2D eigenvalue weighted by atomic mass is 16.4. The number of carboxylic acid groups (broad SMARTS) is 1. The second-order valence-corrected chi connectivity index (χ2v) is 5.49. The Morgan fingerprint density at radius 1 is 1.43 bits per heavy atom. The molecule has 1 saturated heterocycles. The second kappa shape index (κ2) is 6.47. The molecule has 1 aromatic rings. The van der Waals surface area contributed by atoms with Crippen LogP contribution >= 0.6 is 0 Å². The van der Waals surface area contributed by atoms with Gasteiger partial charge in [0.05, 0.1) is 5.92 Å². The van der Waals surface area contributed by atoms with Crippen molar-refractivity contribution in [3.05, 3.63) is 29.8 Å². The molecule has 1 aromatic carbocycles. The number of anilines is 1. The number of nitrogens with zero attached hydrogens (tertiary/aromatic N) is 2. The van der Waals surface area contributed by atoms with Gasteiger partial charge in [0.1, 0.15) is 0 Å². The number of rotatable bonds is 4. The van der Waals surface area contributed by atoms with Crippen LogP contribution in [-0.4, -0.2) is 49.2 Å². The number of likely N-dealkylation sites (tertiary alicyclic amines) is 1. The summed E-state index contributed by atoms with van der Waals surface area (Å²) in [6.45, 7) is 1.23. The van der Waals surface area contributed by atoms with E-state index in [1.807, 2.05) is 43.3 Å². The molecule has 0 aliphatic carbocycles. The molecule has 0 radical (unpaired) electrons. The lowest BCUT2D eigenvalue weighted by Gasteiger charge is -2.17. The molecule has 0 aromatic heterocycles. The normalized spacial score (nSPS) is 17.6. The van der Waals surface area contributed by atoms with Gasteiger partial charge >= 0.3 is 12.0 Å². The molecule has 0 saturated carbocycles. The number of carboxylic acids is 1. The summed E-state index contributed by atoms with van der Waals surface area (Å²) in [4.78, 5) is 26.5. The molecule has 1 fully saturated rings. The minimum atomic E-state index is -0.830. The summed E-state index contributed by atoms with van der Waals surface area (Å²) in [5, 5.41) is 11.8. The van der Waals surface area contributed by atoms with Crippen molar-refractivity contribution < 1.29 is 14.7 Å². The minimum absolute atomic E-state index is 0.200. The lowest BCUT2D eigenvalue weighted by molar-refractivity contribution is -0.141. The standard InChI is InChI=1S/C15H21N3O3/c1-17(2)13-5-3-4-11(8-13)9-16-15(21)18-7-6-12(10-18)14(19)20/h3-5,8,12H,6-7,9-10H2,1-2H3,(H,16,21)(H,19,20). The van der Waals surface area contributed by atoms with Crippen LogP contribution in [0.3, 0.4) is 0 Å². The molecule has 2 N–H and O–H groups in total. The van der Waals surface area contributed by atoms with Crippen molar-refractivity contribution in [3.63, 3.8) is 0 Å². The van der Waals surface area contributed by atoms with Gasteiger partial charge in [0.25, 0.3) is 0 Å². The van der Waals surface area contributed by atoms with Crippen molar-refractivity contribution in [1.82, 2.24) is 10.2 Å². The number of hydrogen-bond acceptors (Lipinski definition) is 3. The smallest absolute Gasteiger partial charge is 0.317 e. The molecule has 1 aliphatic rings. The fourth-order valence-electron chi connectivity index (χ4n) is 2.38. The number of carbonyl (C=O) groups is 2. The maximum absolute atomic E-state index is 12.0. The third-order valence-electron chi connectivity index (χ3n) is 3.70. The van der Waals surface area contributed by atoms with Crippen LogP contribution in [0.1, 0.15) is 12.0 Å². The molecular formula is C15H21N3O3. The minimum Gasteiger partial charge on any atom is -0.481 e. The topological polar surface area (TPSA) is 72.9 Å². The van der Waals surface area contributed by atoms with Gasteiger partial charge in [-0.05, 0) is 24.1 Å². The van der Waals surface area contributed by atoms with Crippen LogP contribution in [0.5, 0.6) is 0 Å². The van der Waals surface area contributed by atoms with Gasteiger partial charge < -0.3 is 20.2 Å². The molecule has 6 nitrogen and oxygen atoms in total. The molecule has 114 valence electrons. The highest BCUT2D eigenvalue weighted by Crippen LogP contribution is 2.17. The van der Waals surface area contributed by atoms with E-state index in [0.29, 0.717) is 26.1 Å². The van der Waals surface area contributed by atoms with E-state index in [4.69, 9.17) is 5.11 Å². The number of nitrogens with one attached hydrogen (secondary N) is 1. The Labute approximate surface area is 124 Å². The molecule has 2 amide bonds. The molecule has 1 atom stereocenters. The molecule has 6 heteroatoms. The number of amides is 2. The largest absolute Gasteiger partial charge is 0.481 e. The first-order valence-corrected chi connectivity index (χ1v) is 6.99. The summed E-state index contributed by atoms with van der Waals surface area (Å²) >= 11 is 0. The summed E-state index contributed by atoms with van der Waals surface area (Å²) in [6, 6.07) is 7.73. The van der Waals surface area contributed by atoms with Gasteiger partial charge in [-0.2, -0.15) is 0 Å². The van der Waals surface area contributed by atoms with Crippen LogP contribution in [0.15, 0.2) is 24.3 Å². The highest BCUT2D eigenvalue weighted by molar-refractivity contribution is 5.77. The van der Waals surface area contributed by atoms with Crippen LogP contribution in [0.2, 0.25) is 0 Å². The fraction of sp³-hybridized carbons (Fsp3) is 0.467. The van der Waals surface area contributed by atoms with E-state index in [-0.39, 0.29) is 6.03 Å². The summed E-state index contributed by atoms with van der Waals surface area (Å²) in [6.07, 6.45) is 0.527. The predicted molar refractivity (Wildman–Crippen MR) is 80.3 cm³/mol. The first-order chi connectivity index (χ1) is 9.97. The molecule has 1 unspecified atom stereocenters. The van der Waals surface area contributed by atoms with Gasteiger partial charge in [0.2, 0.25) is 0 Å². The van der Waals surface area contributed by atoms with Crippen LogP contribution in [0.25, 0.3) is 0 Å². The molecule has 21 heavy (non-hydrogen) atoms. The highest BCUT2D eigenvalue weighted by Gasteiger charge is 2.30. The van der Waals surface area contributed by atoms with Crippen molar-refractivity contribution in [2.24, 2.45) is 5.92 Å². The van der Waals surface area contributed by atoms with E-state index in [2.05, 4.69) is 5.32 Å². The maximum Gasteiger partial charge on any atom is 0.317 e. The first kappa shape index (κ1) is 15.2. The average Bonchev–Trinajstić information content (AvgIpc) is 2.95. The van der Waals surface area contributed by atoms with E-state index in [0.717, 1.165) is 11.3 Å². The predicted octanol–water partition coefficient (Wildman–Crippen LogP) is 1.37. The van der Waals surface area contributed by atoms with E-state index in [1.54, 1.807) is 4.90 Å². The monoisotopic (exact) mass is 291 g/mol. The Hall–Kier alpha value is -2.24. The summed E-state index contributed by atoms with van der Waals surface area (Å²) in [5.74, 6) is -1.27. The van der Waals surface area contributed by atoms with Crippen LogP contribution in [0, 0.1) is 5.92 Å². The van der Waals surface area contributed by atoms with Crippen LogP contribution < -0.4 is 10.2 Å². The molecule has 1 aliphatic heterocycles. The third-order valence-corrected chi connectivity index (χ3v) is 3.70. The number of urea groups is 1. The van der Waals surface area contributed by atoms with E-state index in [9.17, 15) is 9.59 Å². The summed E-state index contributed by atoms with van der Waals surface area (Å²) in [5.41, 5.74) is 2.09. The summed E-state index contributed by atoms with van der Waals surface area (Å²) < 4.78 is 0. The zero-order valence-electron chi connectivity index (χ0n) is 12.4. The molecule has 2 rings (SSSR count). The average molecular weight is 291 g/mol. The Kier molecular flexibility index (Phi) is 4.67. The van der Waals surface area contributed by atoms with Crippen LogP contribution in [-0.2, 0) is 11.3 Å². The van der Waals surface area contributed by atoms with E-state index < -0.39 is 11.9 Å². The molecule has 0 bridgehead atoms. The fourth-order valence-corrected chi connectivity index (χ4v) is 2.38. The lowest BCUT2D eigenvalue weighted by atomic mass is 10.1. The van der Waals surface area contributed by atoms with Gasteiger partial charge in [-0.1, -0.05) is 12.1 Å². The van der Waals surface area contributed by atoms with Crippen molar-refractivity contribution in [2.45, 2.75) is 13.0 Å². The maximum atomic E-state index is 12.0. The molecule has 0 spiro atoms. The molecule has 1 heterocycles. The van der Waals surface area contributed by atoms with Gasteiger partial charge in [0.15, 0.2) is 0 Å². The Morgan fingerprint density at radius 2 is 2.19 bits per heavy atom. The van der Waals surface area contributed by atoms with Gasteiger partial charge in [-0.15, -0.1) is 0 Å². The van der Waals surface area contributed by atoms with E-state index in [1.165, 1.54) is 0 Å². The lowest BCUT2D eigenvalue weighted by Crippen LogP contribution is -2.38. The zero-order chi connectivity index (χ0) is 15.4. The third kappa shape index (κ3) is 3.87. The molecular weight excluding hydrogens is 270 g/mol. The van der Waals surface area contributed by atoms with Crippen LogP contribution in [0.4, 0.5) is 10.5 Å². The van der Waals surface area contributed by atoms with Gasteiger partial charge in [0, 0.05) is 39.4 Å². The zero-order valence-corrected chi connectivity index (χ0v) is 12.4. The van der Waals surface area contributed by atoms with Gasteiger partial charge in [-0.3, -0.25) is 4.79 Å². The number of aliphatic carboxylic acids is 1. The SMILES string of the molecule is CN(C)c1cccc(CNC(=O)N2CCC(C(=O)O)C2)c1. The van der Waals surface area contributed by atoms with Crippen molar-refractivity contribution in [3.8, 4) is 0 Å². The Morgan fingerprint density at radius 3 is 2.81 bits per heavy atom. The van der Waals surface area contributed by atoms with Crippen molar-refractivity contribution in [1.29, 1.82) is 0 Å². The Balaban J connectivity index is 1.87. The van der Waals surface area contributed by atoms with Crippen molar-refractivity contribution in [2.75, 3.05) is 32.1 Å². The number of benzene rings is 1. The Bertz CT molecular complexity index is 531. The van der Waals surface area contributed by atoms with Gasteiger partial charge in [-0.25, -0.2) is 4.79 Å². The first-order valence-electron chi connectivity index (χ1n) is 6.99. The number of carbonyl (C=O) groups excluding carboxylic acids is 1. The summed E-state index contributed by atoms with van der Waals surface area (Å²) in [7, 11) is 3.93.